The predicted octanol–water partition coefficient (Wildman–Crippen LogP) is 2.89. The molecule has 132 valence electrons. The summed E-state index contributed by atoms with van der Waals surface area (Å²) >= 11 is 1.72. The molecule has 0 atom stereocenters. The molecule has 0 saturated heterocycles. The van der Waals surface area contributed by atoms with Crippen molar-refractivity contribution in [2.45, 2.75) is 32.4 Å². The molecular formula is C19H24N4OS. The summed E-state index contributed by atoms with van der Waals surface area (Å²) in [5, 5.41) is 16.4. The summed E-state index contributed by atoms with van der Waals surface area (Å²) in [4.78, 5) is 12.0. The lowest BCUT2D eigenvalue weighted by Gasteiger charge is -2.07. The lowest BCUT2D eigenvalue weighted by atomic mass is 10.1. The van der Waals surface area contributed by atoms with E-state index < -0.39 is 0 Å². The molecule has 0 aliphatic carbocycles. The fourth-order valence-corrected chi connectivity index (χ4v) is 3.57. The molecule has 1 amide bonds. The molecule has 0 aliphatic rings. The van der Waals surface area contributed by atoms with E-state index in [2.05, 4.69) is 16.5 Å². The molecular weight excluding hydrogens is 332 g/mol. The second kappa shape index (κ2) is 9.28. The van der Waals surface area contributed by atoms with Crippen LogP contribution in [0.4, 0.5) is 0 Å². The van der Waals surface area contributed by atoms with Crippen LogP contribution in [0, 0.1) is 25.2 Å². The van der Waals surface area contributed by atoms with Gasteiger partial charge in [-0.1, -0.05) is 18.2 Å². The summed E-state index contributed by atoms with van der Waals surface area (Å²) in [5.74, 6) is 1.69. The van der Waals surface area contributed by atoms with E-state index in [4.69, 9.17) is 5.26 Å². The summed E-state index contributed by atoms with van der Waals surface area (Å²) in [6.07, 6.45) is 1.20. The number of hydrogen-bond donors (Lipinski definition) is 1. The van der Waals surface area contributed by atoms with Gasteiger partial charge in [0.25, 0.3) is 0 Å². The second-order valence-electron chi connectivity index (χ2n) is 5.94. The van der Waals surface area contributed by atoms with Crippen molar-refractivity contribution in [3.63, 3.8) is 0 Å². The minimum Gasteiger partial charge on any atom is -0.355 e. The average molecular weight is 356 g/mol. The maximum Gasteiger partial charge on any atom is 0.220 e. The van der Waals surface area contributed by atoms with Crippen molar-refractivity contribution >= 4 is 17.7 Å². The van der Waals surface area contributed by atoms with Gasteiger partial charge in [0.1, 0.15) is 0 Å². The fourth-order valence-electron chi connectivity index (χ4n) is 2.71. The van der Waals surface area contributed by atoms with Crippen LogP contribution >= 0.6 is 11.8 Å². The largest absolute Gasteiger partial charge is 0.355 e. The van der Waals surface area contributed by atoms with Gasteiger partial charge in [-0.25, -0.2) is 0 Å². The van der Waals surface area contributed by atoms with E-state index in [1.54, 1.807) is 11.8 Å². The molecule has 0 spiro atoms. The quantitative estimate of drug-likeness (QED) is 0.738. The molecule has 2 aromatic rings. The average Bonchev–Trinajstić information content (AvgIpc) is 2.85. The van der Waals surface area contributed by atoms with Gasteiger partial charge in [0.2, 0.25) is 5.91 Å². The highest BCUT2D eigenvalue weighted by atomic mass is 32.2. The van der Waals surface area contributed by atoms with Crippen LogP contribution in [0.15, 0.2) is 24.3 Å². The first-order chi connectivity index (χ1) is 12.0. The lowest BCUT2D eigenvalue weighted by Crippen LogP contribution is -2.26. The third-order valence-corrected chi connectivity index (χ3v) is 5.23. The van der Waals surface area contributed by atoms with Crippen LogP contribution in [0.5, 0.6) is 0 Å². The number of amides is 1. The van der Waals surface area contributed by atoms with Crippen molar-refractivity contribution in [2.75, 3.05) is 12.3 Å². The van der Waals surface area contributed by atoms with Gasteiger partial charge in [-0.2, -0.15) is 22.1 Å². The number of rotatable bonds is 8. The Hall–Kier alpha value is -2.26. The highest BCUT2D eigenvalue weighted by Crippen LogP contribution is 2.16. The highest BCUT2D eigenvalue weighted by molar-refractivity contribution is 7.98. The summed E-state index contributed by atoms with van der Waals surface area (Å²) in [5.41, 5.74) is 5.06. The second-order valence-corrected chi connectivity index (χ2v) is 7.05. The number of aromatic nitrogens is 2. The molecule has 1 heterocycles. The van der Waals surface area contributed by atoms with Gasteiger partial charge in [-0.05, 0) is 37.5 Å². The number of hydrogen-bond acceptors (Lipinski definition) is 4. The Balaban J connectivity index is 1.66. The number of thioether (sulfide) groups is 1. The number of nitrogens with one attached hydrogen (secondary N) is 1. The molecule has 25 heavy (non-hydrogen) atoms. The first kappa shape index (κ1) is 19.1. The minimum absolute atomic E-state index is 0.0701. The van der Waals surface area contributed by atoms with Crippen LogP contribution < -0.4 is 5.32 Å². The number of carbonyl (C=O) groups is 1. The molecule has 0 fully saturated rings. The van der Waals surface area contributed by atoms with Crippen molar-refractivity contribution in [3.05, 3.63) is 52.3 Å². The number of carbonyl (C=O) groups excluding carboxylic acids is 1. The van der Waals surface area contributed by atoms with Crippen LogP contribution in [0.25, 0.3) is 0 Å². The number of benzene rings is 1. The van der Waals surface area contributed by atoms with Crippen LogP contribution in [0.2, 0.25) is 0 Å². The van der Waals surface area contributed by atoms with Crippen molar-refractivity contribution in [1.82, 2.24) is 15.1 Å². The summed E-state index contributed by atoms with van der Waals surface area (Å²) in [6, 6.07) is 9.84. The number of aryl methyl sites for hydroxylation is 2. The first-order valence-corrected chi connectivity index (χ1v) is 9.50. The molecule has 5 nitrogen and oxygen atoms in total. The van der Waals surface area contributed by atoms with E-state index in [0.29, 0.717) is 13.0 Å². The van der Waals surface area contributed by atoms with Gasteiger partial charge in [-0.3, -0.25) is 9.48 Å². The standard InChI is InChI=1S/C19H24N4OS/c1-14-18(15(2)23(3)22-14)8-9-19(24)21-10-11-25-13-17-7-5-4-6-16(17)12-20/h4-7H,8-11,13H2,1-3H3,(H,21,24). The minimum atomic E-state index is 0.0701. The molecule has 0 aliphatic heterocycles. The number of nitriles is 1. The monoisotopic (exact) mass is 356 g/mol. The Bertz CT molecular complexity index is 776. The first-order valence-electron chi connectivity index (χ1n) is 8.34. The van der Waals surface area contributed by atoms with Crippen LogP contribution in [-0.2, 0) is 24.0 Å². The predicted molar refractivity (Wildman–Crippen MR) is 101 cm³/mol. The Morgan fingerprint density at radius 1 is 1.36 bits per heavy atom. The maximum absolute atomic E-state index is 12.0. The van der Waals surface area contributed by atoms with Crippen molar-refractivity contribution in [2.24, 2.45) is 7.05 Å². The third-order valence-electron chi connectivity index (χ3n) is 4.22. The topological polar surface area (TPSA) is 70.7 Å². The molecule has 0 radical (unpaired) electrons. The summed E-state index contributed by atoms with van der Waals surface area (Å²) in [6.45, 7) is 4.65. The molecule has 0 unspecified atom stereocenters. The zero-order chi connectivity index (χ0) is 18.2. The molecule has 0 saturated carbocycles. The number of nitrogens with zero attached hydrogens (tertiary/aromatic N) is 3. The smallest absolute Gasteiger partial charge is 0.220 e. The zero-order valence-electron chi connectivity index (χ0n) is 15.0. The summed E-state index contributed by atoms with van der Waals surface area (Å²) < 4.78 is 1.86. The maximum atomic E-state index is 12.0. The highest BCUT2D eigenvalue weighted by Gasteiger charge is 2.11. The van der Waals surface area contributed by atoms with Gasteiger partial charge in [0.05, 0.1) is 17.3 Å². The fraction of sp³-hybridized carbons (Fsp3) is 0.421. The van der Waals surface area contributed by atoms with Crippen LogP contribution in [0.3, 0.4) is 0 Å². The molecule has 0 bridgehead atoms. The normalized spacial score (nSPS) is 10.5. The van der Waals surface area contributed by atoms with Gasteiger partial charge in [0, 0.05) is 37.2 Å². The molecule has 1 aromatic carbocycles. The zero-order valence-corrected chi connectivity index (χ0v) is 15.8. The van der Waals surface area contributed by atoms with Crippen molar-refractivity contribution in [3.8, 4) is 6.07 Å². The van der Waals surface area contributed by atoms with Crippen LogP contribution in [0.1, 0.15) is 34.5 Å². The Morgan fingerprint density at radius 2 is 2.12 bits per heavy atom. The van der Waals surface area contributed by atoms with E-state index in [9.17, 15) is 4.79 Å². The van der Waals surface area contributed by atoms with Crippen LogP contribution in [-0.4, -0.2) is 28.0 Å². The molecule has 6 heteroatoms. The molecule has 1 aromatic heterocycles. The lowest BCUT2D eigenvalue weighted by molar-refractivity contribution is -0.120. The van der Waals surface area contributed by atoms with Gasteiger partial charge < -0.3 is 5.32 Å². The SMILES string of the molecule is Cc1nn(C)c(C)c1CCC(=O)NCCSCc1ccccc1C#N. The van der Waals surface area contributed by atoms with Crippen molar-refractivity contribution < 1.29 is 4.79 Å². The van der Waals surface area contributed by atoms with E-state index in [1.807, 2.05) is 49.8 Å². The van der Waals surface area contributed by atoms with E-state index in [-0.39, 0.29) is 5.91 Å². The van der Waals surface area contributed by atoms with Gasteiger partial charge in [0.15, 0.2) is 0 Å². The van der Waals surface area contributed by atoms with Gasteiger partial charge in [-0.15, -0.1) is 0 Å². The summed E-state index contributed by atoms with van der Waals surface area (Å²) in [7, 11) is 1.92. The van der Waals surface area contributed by atoms with Gasteiger partial charge >= 0.3 is 0 Å². The van der Waals surface area contributed by atoms with E-state index in [0.717, 1.165) is 40.4 Å². The third kappa shape index (κ3) is 5.36. The molecule has 1 N–H and O–H groups in total. The van der Waals surface area contributed by atoms with E-state index >= 15 is 0 Å². The van der Waals surface area contributed by atoms with E-state index in [1.165, 1.54) is 5.56 Å². The Kier molecular flexibility index (Phi) is 7.08. The van der Waals surface area contributed by atoms with Crippen molar-refractivity contribution in [1.29, 1.82) is 5.26 Å². The Morgan fingerprint density at radius 3 is 2.80 bits per heavy atom. The Labute approximate surface area is 153 Å². The molecule has 2 rings (SSSR count).